The van der Waals surface area contributed by atoms with Gasteiger partial charge in [-0.25, -0.2) is 0 Å². The quantitative estimate of drug-likeness (QED) is 0.230. The number of methoxy groups -OCH3 is 2. The molecule has 4 aromatic rings. The molecule has 0 radical (unpaired) electrons. The van der Waals surface area contributed by atoms with Crippen molar-refractivity contribution in [1.29, 1.82) is 0 Å². The van der Waals surface area contributed by atoms with Gasteiger partial charge >= 0.3 is 0 Å². The van der Waals surface area contributed by atoms with Gasteiger partial charge < -0.3 is 28.3 Å². The number of carbonyl (C=O) groups excluding carboxylic acids is 1. The van der Waals surface area contributed by atoms with Crippen LogP contribution in [0.3, 0.4) is 0 Å². The molecule has 5 rings (SSSR count). The lowest BCUT2D eigenvalue weighted by atomic mass is 9.97. The van der Waals surface area contributed by atoms with Crippen LogP contribution in [0.4, 0.5) is 0 Å². The molecular formula is C32H31NO7. The summed E-state index contributed by atoms with van der Waals surface area (Å²) in [7, 11) is 3.17. The van der Waals surface area contributed by atoms with E-state index in [0.29, 0.717) is 65.7 Å². The van der Waals surface area contributed by atoms with E-state index < -0.39 is 6.04 Å². The Hall–Kier alpha value is -4.72. The molecule has 206 valence electrons. The van der Waals surface area contributed by atoms with Crippen molar-refractivity contribution in [2.45, 2.75) is 19.4 Å². The van der Waals surface area contributed by atoms with E-state index in [2.05, 4.69) is 6.58 Å². The Morgan fingerprint density at radius 3 is 2.45 bits per heavy atom. The molecule has 1 aromatic heterocycles. The minimum atomic E-state index is -0.670. The van der Waals surface area contributed by atoms with Gasteiger partial charge in [-0.2, -0.15) is 0 Å². The average molecular weight is 542 g/mol. The van der Waals surface area contributed by atoms with E-state index in [-0.39, 0.29) is 17.1 Å². The highest BCUT2D eigenvalue weighted by Crippen LogP contribution is 2.41. The molecule has 0 spiro atoms. The highest BCUT2D eigenvalue weighted by Gasteiger charge is 2.42. The van der Waals surface area contributed by atoms with Crippen LogP contribution in [0, 0.1) is 0 Å². The Morgan fingerprint density at radius 2 is 1.70 bits per heavy atom. The molecule has 0 bridgehead atoms. The summed E-state index contributed by atoms with van der Waals surface area (Å²) in [6, 6.07) is 17.4. The SMILES string of the molecule is C=CCOc1ccc(C2c3c(oc4ccccc4c3=O)C(=O)N2CCc2ccc(OC)c(OC)c2)cc1OCC. The second-order valence-corrected chi connectivity index (χ2v) is 9.25. The van der Waals surface area contributed by atoms with E-state index in [4.69, 9.17) is 23.4 Å². The van der Waals surface area contributed by atoms with Crippen molar-refractivity contribution in [3.63, 3.8) is 0 Å². The zero-order valence-electron chi connectivity index (χ0n) is 22.8. The van der Waals surface area contributed by atoms with Crippen molar-refractivity contribution in [2.75, 3.05) is 34.0 Å². The fourth-order valence-corrected chi connectivity index (χ4v) is 5.06. The Balaban J connectivity index is 1.59. The molecule has 0 saturated carbocycles. The second kappa shape index (κ2) is 11.6. The number of ether oxygens (including phenoxy) is 4. The number of hydrogen-bond donors (Lipinski definition) is 0. The first-order valence-corrected chi connectivity index (χ1v) is 13.1. The third kappa shape index (κ3) is 4.88. The van der Waals surface area contributed by atoms with Crippen molar-refractivity contribution in [2.24, 2.45) is 0 Å². The summed E-state index contributed by atoms with van der Waals surface area (Å²) in [4.78, 5) is 29.3. The summed E-state index contributed by atoms with van der Waals surface area (Å²) in [5.74, 6) is 2.02. The fourth-order valence-electron chi connectivity index (χ4n) is 5.06. The van der Waals surface area contributed by atoms with Crippen LogP contribution in [0.15, 0.2) is 82.5 Å². The van der Waals surface area contributed by atoms with Crippen LogP contribution >= 0.6 is 0 Å². The van der Waals surface area contributed by atoms with Crippen molar-refractivity contribution in [1.82, 2.24) is 4.90 Å². The molecular weight excluding hydrogens is 510 g/mol. The lowest BCUT2D eigenvalue weighted by Gasteiger charge is -2.26. The fraction of sp³-hybridized carbons (Fsp3) is 0.250. The van der Waals surface area contributed by atoms with E-state index in [1.165, 1.54) is 0 Å². The molecule has 8 nitrogen and oxygen atoms in total. The van der Waals surface area contributed by atoms with Gasteiger partial charge in [-0.15, -0.1) is 0 Å². The van der Waals surface area contributed by atoms with Crippen molar-refractivity contribution < 1.29 is 28.2 Å². The van der Waals surface area contributed by atoms with Gasteiger partial charge in [-0.05, 0) is 60.9 Å². The number of rotatable bonds is 11. The van der Waals surface area contributed by atoms with Crippen molar-refractivity contribution in [3.8, 4) is 23.0 Å². The maximum Gasteiger partial charge on any atom is 0.290 e. The van der Waals surface area contributed by atoms with Crippen LogP contribution in [0.5, 0.6) is 23.0 Å². The number of para-hydroxylation sites is 1. The number of fused-ring (bicyclic) bond motifs is 2. The highest BCUT2D eigenvalue weighted by atomic mass is 16.5. The second-order valence-electron chi connectivity index (χ2n) is 9.25. The van der Waals surface area contributed by atoms with Gasteiger partial charge in [0, 0.05) is 6.54 Å². The zero-order valence-corrected chi connectivity index (χ0v) is 22.8. The van der Waals surface area contributed by atoms with Gasteiger partial charge in [0.15, 0.2) is 28.4 Å². The van der Waals surface area contributed by atoms with Gasteiger partial charge in [0.05, 0.1) is 37.8 Å². The predicted molar refractivity (Wildman–Crippen MR) is 152 cm³/mol. The number of hydrogen-bond acceptors (Lipinski definition) is 7. The van der Waals surface area contributed by atoms with E-state index in [1.807, 2.05) is 37.3 Å². The molecule has 0 fully saturated rings. The van der Waals surface area contributed by atoms with E-state index in [9.17, 15) is 9.59 Å². The van der Waals surface area contributed by atoms with Gasteiger partial charge in [0.1, 0.15) is 12.2 Å². The molecule has 2 heterocycles. The summed E-state index contributed by atoms with van der Waals surface area (Å²) < 4.78 is 28.5. The monoisotopic (exact) mass is 541 g/mol. The largest absolute Gasteiger partial charge is 0.493 e. The Bertz CT molecular complexity index is 1620. The van der Waals surface area contributed by atoms with Gasteiger partial charge in [-0.3, -0.25) is 9.59 Å². The molecule has 1 amide bonds. The lowest BCUT2D eigenvalue weighted by molar-refractivity contribution is 0.0729. The molecule has 1 unspecified atom stereocenters. The summed E-state index contributed by atoms with van der Waals surface area (Å²) in [5.41, 5.74) is 2.14. The summed E-state index contributed by atoms with van der Waals surface area (Å²) in [6.45, 7) is 6.66. The van der Waals surface area contributed by atoms with Crippen molar-refractivity contribution in [3.05, 3.63) is 106 Å². The standard InChI is InChI=1S/C32H31NO7/c1-5-17-39-25-14-12-21(19-27(25)38-6-2)29-28-30(34)22-9-7-8-10-23(22)40-31(28)32(35)33(29)16-15-20-11-13-24(36-3)26(18-20)37-4/h5,7-14,18-19,29H,1,6,15-17H2,2-4H3. The van der Waals surface area contributed by atoms with Crippen LogP contribution in [0.2, 0.25) is 0 Å². The molecule has 0 N–H and O–H groups in total. The smallest absolute Gasteiger partial charge is 0.290 e. The predicted octanol–water partition coefficient (Wildman–Crippen LogP) is 5.56. The Labute approximate surface area is 232 Å². The molecule has 0 aliphatic carbocycles. The number of amides is 1. The van der Waals surface area contributed by atoms with Crippen molar-refractivity contribution >= 4 is 16.9 Å². The number of nitrogens with zero attached hydrogens (tertiary/aromatic N) is 1. The van der Waals surface area contributed by atoms with Crippen LogP contribution in [-0.4, -0.2) is 44.8 Å². The minimum absolute atomic E-state index is 0.0611. The average Bonchev–Trinajstić information content (AvgIpc) is 3.26. The first kappa shape index (κ1) is 26.9. The van der Waals surface area contributed by atoms with E-state index >= 15 is 0 Å². The van der Waals surface area contributed by atoms with Crippen LogP contribution in [0.1, 0.15) is 40.2 Å². The topological polar surface area (TPSA) is 87.4 Å². The van der Waals surface area contributed by atoms with Gasteiger partial charge in [0.2, 0.25) is 5.76 Å². The van der Waals surface area contributed by atoms with Gasteiger partial charge in [0.25, 0.3) is 5.91 Å². The maximum atomic E-state index is 13.8. The molecule has 8 heteroatoms. The minimum Gasteiger partial charge on any atom is -0.493 e. The lowest BCUT2D eigenvalue weighted by Crippen LogP contribution is -2.31. The van der Waals surface area contributed by atoms with E-state index in [1.54, 1.807) is 55.5 Å². The normalized spacial score (nSPS) is 14.2. The van der Waals surface area contributed by atoms with Crippen LogP contribution in [0.25, 0.3) is 11.0 Å². The number of carbonyl (C=O) groups is 1. The third-order valence-electron chi connectivity index (χ3n) is 6.90. The molecule has 1 aliphatic rings. The summed E-state index contributed by atoms with van der Waals surface area (Å²) >= 11 is 0. The number of benzene rings is 3. The van der Waals surface area contributed by atoms with Gasteiger partial charge in [-0.1, -0.05) is 36.9 Å². The van der Waals surface area contributed by atoms with E-state index in [0.717, 1.165) is 11.1 Å². The Kier molecular flexibility index (Phi) is 7.77. The molecule has 0 saturated heterocycles. The summed E-state index contributed by atoms with van der Waals surface area (Å²) in [6.07, 6.45) is 2.17. The first-order chi connectivity index (χ1) is 19.5. The molecule has 1 aliphatic heterocycles. The highest BCUT2D eigenvalue weighted by molar-refractivity contribution is 5.99. The van der Waals surface area contributed by atoms with Crippen LogP contribution in [-0.2, 0) is 6.42 Å². The molecule has 3 aromatic carbocycles. The summed E-state index contributed by atoms with van der Waals surface area (Å²) in [5, 5.41) is 0.428. The molecule has 40 heavy (non-hydrogen) atoms. The molecule has 1 atom stereocenters. The third-order valence-corrected chi connectivity index (χ3v) is 6.90. The van der Waals surface area contributed by atoms with Crippen LogP contribution < -0.4 is 24.4 Å². The first-order valence-electron chi connectivity index (χ1n) is 13.1. The maximum absolute atomic E-state index is 13.8. The Morgan fingerprint density at radius 1 is 0.925 bits per heavy atom. The zero-order chi connectivity index (χ0) is 28.2.